The molecule has 0 radical (unpaired) electrons. The van der Waals surface area contributed by atoms with Gasteiger partial charge in [-0.1, -0.05) is 36.9 Å². The van der Waals surface area contributed by atoms with Crippen molar-refractivity contribution in [3.8, 4) is 0 Å². The average molecular weight is 481 g/mol. The molecule has 0 aliphatic carbocycles. The van der Waals surface area contributed by atoms with E-state index in [0.717, 1.165) is 39.5 Å². The SMILES string of the molecule is CCCn1c2ccccc2c2nnc(SCc3cc(=O)n4cc(Br)ccc4n3)nc21. The van der Waals surface area contributed by atoms with Gasteiger partial charge in [-0.05, 0) is 40.5 Å². The van der Waals surface area contributed by atoms with Crippen LogP contribution in [0.5, 0.6) is 0 Å². The Balaban J connectivity index is 1.49. The molecule has 9 heteroatoms. The van der Waals surface area contributed by atoms with Gasteiger partial charge in [-0.2, -0.15) is 0 Å². The van der Waals surface area contributed by atoms with Crippen LogP contribution in [0.15, 0.2) is 63.1 Å². The maximum atomic E-state index is 12.4. The van der Waals surface area contributed by atoms with Crippen LogP contribution in [0.1, 0.15) is 19.0 Å². The van der Waals surface area contributed by atoms with E-state index in [1.54, 1.807) is 12.3 Å². The van der Waals surface area contributed by atoms with Crippen LogP contribution in [0.2, 0.25) is 0 Å². The predicted octanol–water partition coefficient (Wildman–Crippen LogP) is 4.45. The Morgan fingerprint density at radius 1 is 1.10 bits per heavy atom. The van der Waals surface area contributed by atoms with Gasteiger partial charge >= 0.3 is 0 Å². The minimum atomic E-state index is -0.116. The Morgan fingerprint density at radius 2 is 1.97 bits per heavy atom. The topological polar surface area (TPSA) is 78.0 Å². The van der Waals surface area contributed by atoms with Gasteiger partial charge in [-0.3, -0.25) is 9.20 Å². The van der Waals surface area contributed by atoms with E-state index in [1.165, 1.54) is 16.2 Å². The Bertz CT molecular complexity index is 1460. The van der Waals surface area contributed by atoms with Crippen molar-refractivity contribution >= 4 is 55.4 Å². The van der Waals surface area contributed by atoms with Gasteiger partial charge in [-0.15, -0.1) is 10.2 Å². The van der Waals surface area contributed by atoms with E-state index in [9.17, 15) is 4.79 Å². The van der Waals surface area contributed by atoms with Crippen LogP contribution in [-0.4, -0.2) is 29.1 Å². The third-order valence-corrected chi connectivity index (χ3v) is 6.17. The van der Waals surface area contributed by atoms with Crippen LogP contribution in [0, 0.1) is 0 Å². The molecule has 150 valence electrons. The largest absolute Gasteiger partial charge is 0.324 e. The third-order valence-electron chi connectivity index (χ3n) is 4.83. The maximum absolute atomic E-state index is 12.4. The van der Waals surface area contributed by atoms with E-state index in [-0.39, 0.29) is 5.56 Å². The summed E-state index contributed by atoms with van der Waals surface area (Å²) in [6, 6.07) is 13.4. The zero-order valence-corrected chi connectivity index (χ0v) is 18.5. The summed E-state index contributed by atoms with van der Waals surface area (Å²) in [5.41, 5.74) is 3.95. The molecule has 0 aliphatic heterocycles. The van der Waals surface area contributed by atoms with Crippen LogP contribution in [0.25, 0.3) is 27.7 Å². The van der Waals surface area contributed by atoms with Crippen molar-refractivity contribution in [2.24, 2.45) is 0 Å². The van der Waals surface area contributed by atoms with Crippen LogP contribution in [0.4, 0.5) is 0 Å². The van der Waals surface area contributed by atoms with E-state index >= 15 is 0 Å². The molecule has 0 saturated carbocycles. The van der Waals surface area contributed by atoms with E-state index < -0.39 is 0 Å². The van der Waals surface area contributed by atoms with Crippen LogP contribution < -0.4 is 5.56 Å². The molecule has 0 aliphatic rings. The van der Waals surface area contributed by atoms with Crippen LogP contribution in [-0.2, 0) is 12.3 Å². The second-order valence-electron chi connectivity index (χ2n) is 6.89. The number of fused-ring (bicyclic) bond motifs is 4. The summed E-state index contributed by atoms with van der Waals surface area (Å²) >= 11 is 4.81. The molecule has 0 fully saturated rings. The molecular weight excluding hydrogens is 464 g/mol. The van der Waals surface area contributed by atoms with E-state index in [0.29, 0.717) is 22.3 Å². The number of hydrogen-bond acceptors (Lipinski definition) is 6. The number of benzene rings is 1. The van der Waals surface area contributed by atoms with Gasteiger partial charge in [0.25, 0.3) is 5.56 Å². The summed E-state index contributed by atoms with van der Waals surface area (Å²) in [6.45, 7) is 3.01. The number of pyridine rings is 1. The Labute approximate surface area is 184 Å². The fraction of sp³-hybridized carbons (Fsp3) is 0.190. The minimum absolute atomic E-state index is 0.116. The smallest absolute Gasteiger partial charge is 0.258 e. The molecule has 4 heterocycles. The monoisotopic (exact) mass is 480 g/mol. The second-order valence-corrected chi connectivity index (χ2v) is 8.74. The Morgan fingerprint density at radius 3 is 2.83 bits per heavy atom. The molecule has 4 aromatic heterocycles. The number of thioether (sulfide) groups is 1. The summed E-state index contributed by atoms with van der Waals surface area (Å²) in [6.07, 6.45) is 2.72. The minimum Gasteiger partial charge on any atom is -0.324 e. The lowest BCUT2D eigenvalue weighted by Gasteiger charge is -2.05. The molecular formula is C21H17BrN6OS. The van der Waals surface area contributed by atoms with Crippen molar-refractivity contribution in [1.82, 2.24) is 29.1 Å². The predicted molar refractivity (Wildman–Crippen MR) is 122 cm³/mol. The first-order valence-electron chi connectivity index (χ1n) is 9.56. The molecule has 1 aromatic carbocycles. The molecule has 7 nitrogen and oxygen atoms in total. The normalized spacial score (nSPS) is 11.7. The summed E-state index contributed by atoms with van der Waals surface area (Å²) < 4.78 is 4.55. The number of aromatic nitrogens is 6. The van der Waals surface area contributed by atoms with E-state index in [4.69, 9.17) is 4.98 Å². The molecule has 0 N–H and O–H groups in total. The van der Waals surface area contributed by atoms with Gasteiger partial charge in [0, 0.05) is 34.4 Å². The number of rotatable bonds is 5. The van der Waals surface area contributed by atoms with Gasteiger partial charge in [-0.25, -0.2) is 9.97 Å². The zero-order valence-electron chi connectivity index (χ0n) is 16.1. The maximum Gasteiger partial charge on any atom is 0.258 e. The average Bonchev–Trinajstić information content (AvgIpc) is 3.06. The summed E-state index contributed by atoms with van der Waals surface area (Å²) in [5, 5.41) is 10.4. The van der Waals surface area contributed by atoms with Gasteiger partial charge in [0.05, 0.1) is 11.2 Å². The summed E-state index contributed by atoms with van der Waals surface area (Å²) in [7, 11) is 0. The zero-order chi connectivity index (χ0) is 20.7. The first kappa shape index (κ1) is 19.2. The fourth-order valence-electron chi connectivity index (χ4n) is 3.54. The number of halogens is 1. The standard InChI is InChI=1S/C21H17BrN6OS/c1-2-9-27-16-6-4-3-5-15(16)19-20(27)24-21(26-25-19)30-12-14-10-18(29)28-11-13(22)7-8-17(28)23-14/h3-8,10-11H,2,9,12H2,1H3. The van der Waals surface area contributed by atoms with Gasteiger partial charge in [0.1, 0.15) is 11.2 Å². The molecule has 0 atom stereocenters. The van der Waals surface area contributed by atoms with E-state index in [1.807, 2.05) is 24.3 Å². The first-order chi connectivity index (χ1) is 14.6. The second kappa shape index (κ2) is 7.81. The Kier molecular flexibility index (Phi) is 5.00. The van der Waals surface area contributed by atoms with Crippen molar-refractivity contribution in [2.75, 3.05) is 0 Å². The molecule has 5 aromatic rings. The van der Waals surface area contributed by atoms with Crippen molar-refractivity contribution in [1.29, 1.82) is 0 Å². The highest BCUT2D eigenvalue weighted by Gasteiger charge is 2.14. The van der Waals surface area contributed by atoms with Crippen molar-refractivity contribution in [3.63, 3.8) is 0 Å². The highest BCUT2D eigenvalue weighted by molar-refractivity contribution is 9.10. The van der Waals surface area contributed by atoms with Crippen LogP contribution >= 0.6 is 27.7 Å². The van der Waals surface area contributed by atoms with Crippen molar-refractivity contribution in [2.45, 2.75) is 30.8 Å². The molecule has 0 unspecified atom stereocenters. The third kappa shape index (κ3) is 3.37. The quantitative estimate of drug-likeness (QED) is 0.345. The first-order valence-corrected chi connectivity index (χ1v) is 11.3. The molecule has 0 amide bonds. The molecule has 0 spiro atoms. The van der Waals surface area contributed by atoms with E-state index in [2.05, 4.69) is 54.7 Å². The molecule has 0 bridgehead atoms. The van der Waals surface area contributed by atoms with Crippen molar-refractivity contribution in [3.05, 3.63) is 69.2 Å². The van der Waals surface area contributed by atoms with Gasteiger partial charge in [0.15, 0.2) is 5.65 Å². The lowest BCUT2D eigenvalue weighted by Crippen LogP contribution is -2.15. The lowest BCUT2D eigenvalue weighted by atomic mass is 10.2. The number of hydrogen-bond donors (Lipinski definition) is 0. The van der Waals surface area contributed by atoms with Crippen LogP contribution in [0.3, 0.4) is 0 Å². The highest BCUT2D eigenvalue weighted by Crippen LogP contribution is 2.28. The molecule has 30 heavy (non-hydrogen) atoms. The van der Waals surface area contributed by atoms with Gasteiger partial charge in [0.2, 0.25) is 5.16 Å². The lowest BCUT2D eigenvalue weighted by molar-refractivity contribution is 0.709. The number of aryl methyl sites for hydroxylation is 1. The summed E-state index contributed by atoms with van der Waals surface area (Å²) in [5.74, 6) is 0.489. The fourth-order valence-corrected chi connectivity index (χ4v) is 4.55. The molecule has 5 rings (SSSR count). The van der Waals surface area contributed by atoms with Gasteiger partial charge < -0.3 is 4.57 Å². The summed E-state index contributed by atoms with van der Waals surface area (Å²) in [4.78, 5) is 21.8. The van der Waals surface area contributed by atoms with Crippen molar-refractivity contribution < 1.29 is 0 Å². The Hall–Kier alpha value is -2.78. The molecule has 0 saturated heterocycles. The number of nitrogens with zero attached hydrogens (tertiary/aromatic N) is 6. The number of para-hydroxylation sites is 1. The highest BCUT2D eigenvalue weighted by atomic mass is 79.9.